The fourth-order valence-corrected chi connectivity index (χ4v) is 3.81. The Balaban J connectivity index is 1.60. The molecule has 2 aliphatic heterocycles. The molecule has 3 heterocycles. The summed E-state index contributed by atoms with van der Waals surface area (Å²) in [5.74, 6) is 0.268. The maximum absolute atomic E-state index is 13.0. The van der Waals surface area contributed by atoms with Gasteiger partial charge in [0.25, 0.3) is 0 Å². The summed E-state index contributed by atoms with van der Waals surface area (Å²) in [5, 5.41) is 4.22. The minimum Gasteiger partial charge on any atom is -0.365 e. The number of carbonyl (C=O) groups is 2. The van der Waals surface area contributed by atoms with Crippen molar-refractivity contribution in [2.45, 2.75) is 45.1 Å². The second-order valence-corrected chi connectivity index (χ2v) is 7.03. The fourth-order valence-electron chi connectivity index (χ4n) is 3.81. The smallest absolute Gasteiger partial charge is 0.245 e. The summed E-state index contributed by atoms with van der Waals surface area (Å²) < 4.78 is 1.80. The lowest BCUT2D eigenvalue weighted by Gasteiger charge is -2.41. The van der Waals surface area contributed by atoms with Gasteiger partial charge in [-0.25, -0.2) is 0 Å². The zero-order valence-electron chi connectivity index (χ0n) is 15.4. The second kappa shape index (κ2) is 7.89. The predicted molar refractivity (Wildman–Crippen MR) is 96.3 cm³/mol. The third-order valence-electron chi connectivity index (χ3n) is 5.22. The Morgan fingerprint density at radius 3 is 2.56 bits per heavy atom. The average molecular weight is 347 g/mol. The van der Waals surface area contributed by atoms with Gasteiger partial charge in [0.15, 0.2) is 0 Å². The molecule has 138 valence electrons. The van der Waals surface area contributed by atoms with Crippen LogP contribution in [-0.2, 0) is 16.6 Å². The van der Waals surface area contributed by atoms with E-state index in [0.29, 0.717) is 19.5 Å². The number of amides is 2. The number of carbonyl (C=O) groups excluding carboxylic acids is 2. The third-order valence-corrected chi connectivity index (χ3v) is 5.22. The summed E-state index contributed by atoms with van der Waals surface area (Å²) in [6.45, 7) is 5.78. The van der Waals surface area contributed by atoms with Crippen molar-refractivity contribution in [3.05, 3.63) is 12.4 Å². The molecule has 3 rings (SSSR count). The molecule has 0 N–H and O–H groups in total. The van der Waals surface area contributed by atoms with Crippen molar-refractivity contribution in [2.24, 2.45) is 7.05 Å². The van der Waals surface area contributed by atoms with Crippen molar-refractivity contribution < 1.29 is 9.59 Å². The van der Waals surface area contributed by atoms with E-state index in [9.17, 15) is 9.59 Å². The molecule has 0 bridgehead atoms. The number of nitrogens with zero attached hydrogens (tertiary/aromatic N) is 5. The highest BCUT2D eigenvalue weighted by molar-refractivity contribution is 5.88. The molecule has 1 aromatic heterocycles. The maximum atomic E-state index is 13.0. The lowest BCUT2D eigenvalue weighted by molar-refractivity contribution is -0.148. The van der Waals surface area contributed by atoms with Crippen LogP contribution in [0.5, 0.6) is 0 Å². The topological polar surface area (TPSA) is 61.7 Å². The molecule has 1 aromatic rings. The number of rotatable bonds is 4. The van der Waals surface area contributed by atoms with Gasteiger partial charge in [-0.15, -0.1) is 0 Å². The van der Waals surface area contributed by atoms with Gasteiger partial charge in [0.05, 0.1) is 11.9 Å². The highest BCUT2D eigenvalue weighted by atomic mass is 16.2. The van der Waals surface area contributed by atoms with Gasteiger partial charge in [0.2, 0.25) is 11.8 Å². The average Bonchev–Trinajstić information content (AvgIpc) is 3.08. The van der Waals surface area contributed by atoms with Crippen LogP contribution in [0.3, 0.4) is 0 Å². The Labute approximate surface area is 149 Å². The first-order valence-corrected chi connectivity index (χ1v) is 9.42. The largest absolute Gasteiger partial charge is 0.365 e. The van der Waals surface area contributed by atoms with Crippen molar-refractivity contribution in [1.29, 1.82) is 0 Å². The molecule has 0 saturated carbocycles. The van der Waals surface area contributed by atoms with Gasteiger partial charge in [0, 0.05) is 52.4 Å². The number of hydrogen-bond acceptors (Lipinski definition) is 4. The highest BCUT2D eigenvalue weighted by Crippen LogP contribution is 2.22. The number of piperidine rings is 1. The van der Waals surface area contributed by atoms with Crippen LogP contribution >= 0.6 is 0 Å². The van der Waals surface area contributed by atoms with Gasteiger partial charge in [-0.05, 0) is 25.7 Å². The standard InChI is InChI=1S/C18H29N5O2/c1-3-6-17(24)23-8-5-4-7-16(23)18(25)22-11-9-21(10-12-22)15-13-19-20(2)14-15/h13-14,16H,3-12H2,1-2H3. The lowest BCUT2D eigenvalue weighted by atomic mass is 9.99. The van der Waals surface area contributed by atoms with Gasteiger partial charge in [-0.1, -0.05) is 6.92 Å². The molecule has 1 unspecified atom stereocenters. The van der Waals surface area contributed by atoms with E-state index in [1.807, 2.05) is 36.2 Å². The zero-order chi connectivity index (χ0) is 17.8. The molecule has 2 saturated heterocycles. The zero-order valence-corrected chi connectivity index (χ0v) is 15.4. The molecule has 2 amide bonds. The number of aromatic nitrogens is 2. The van der Waals surface area contributed by atoms with Gasteiger partial charge in [0.1, 0.15) is 6.04 Å². The molecular weight excluding hydrogens is 318 g/mol. The Bertz CT molecular complexity index is 606. The summed E-state index contributed by atoms with van der Waals surface area (Å²) in [5.41, 5.74) is 1.10. The fraction of sp³-hybridized carbons (Fsp3) is 0.722. The van der Waals surface area contributed by atoms with Crippen LogP contribution in [0.1, 0.15) is 39.0 Å². The van der Waals surface area contributed by atoms with E-state index in [1.165, 1.54) is 0 Å². The molecule has 0 aliphatic carbocycles. The molecule has 0 spiro atoms. The monoisotopic (exact) mass is 347 g/mol. The number of hydrogen-bond donors (Lipinski definition) is 0. The van der Waals surface area contributed by atoms with Gasteiger partial charge < -0.3 is 14.7 Å². The molecule has 7 heteroatoms. The quantitative estimate of drug-likeness (QED) is 0.822. The summed E-state index contributed by atoms with van der Waals surface area (Å²) in [4.78, 5) is 31.4. The van der Waals surface area contributed by atoms with Crippen LogP contribution in [-0.4, -0.2) is 70.2 Å². The van der Waals surface area contributed by atoms with E-state index in [1.54, 1.807) is 4.68 Å². The molecule has 2 aliphatic rings. The van der Waals surface area contributed by atoms with E-state index in [-0.39, 0.29) is 17.9 Å². The first-order valence-electron chi connectivity index (χ1n) is 9.42. The Kier molecular flexibility index (Phi) is 5.60. The highest BCUT2D eigenvalue weighted by Gasteiger charge is 2.35. The van der Waals surface area contributed by atoms with E-state index < -0.39 is 0 Å². The summed E-state index contributed by atoms with van der Waals surface area (Å²) in [7, 11) is 1.91. The second-order valence-electron chi connectivity index (χ2n) is 7.03. The van der Waals surface area contributed by atoms with Crippen LogP contribution in [0.15, 0.2) is 12.4 Å². The third kappa shape index (κ3) is 3.96. The van der Waals surface area contributed by atoms with E-state index in [0.717, 1.165) is 51.0 Å². The predicted octanol–water partition coefficient (Wildman–Crippen LogP) is 1.25. The van der Waals surface area contributed by atoms with Gasteiger partial charge in [-0.2, -0.15) is 5.10 Å². The number of piperazine rings is 1. The first kappa shape index (κ1) is 17.8. The van der Waals surface area contributed by atoms with Crippen molar-refractivity contribution in [1.82, 2.24) is 19.6 Å². The van der Waals surface area contributed by atoms with Crippen molar-refractivity contribution in [3.8, 4) is 0 Å². The van der Waals surface area contributed by atoms with Gasteiger partial charge >= 0.3 is 0 Å². The van der Waals surface area contributed by atoms with Crippen molar-refractivity contribution in [2.75, 3.05) is 37.6 Å². The van der Waals surface area contributed by atoms with Crippen LogP contribution in [0.25, 0.3) is 0 Å². The SMILES string of the molecule is CCCC(=O)N1CCCCC1C(=O)N1CCN(c2cnn(C)c2)CC1. The van der Waals surface area contributed by atoms with E-state index in [2.05, 4.69) is 10.00 Å². The molecule has 2 fully saturated rings. The van der Waals surface area contributed by atoms with Crippen LogP contribution in [0.4, 0.5) is 5.69 Å². The normalized spacial score (nSPS) is 21.5. The molecule has 0 radical (unpaired) electrons. The van der Waals surface area contributed by atoms with Crippen molar-refractivity contribution >= 4 is 17.5 Å². The van der Waals surface area contributed by atoms with Crippen LogP contribution < -0.4 is 4.90 Å². The molecule has 7 nitrogen and oxygen atoms in total. The summed E-state index contributed by atoms with van der Waals surface area (Å²) in [6, 6.07) is -0.252. The Hall–Kier alpha value is -2.05. The maximum Gasteiger partial charge on any atom is 0.245 e. The van der Waals surface area contributed by atoms with E-state index in [4.69, 9.17) is 0 Å². The van der Waals surface area contributed by atoms with E-state index >= 15 is 0 Å². The molecule has 0 aromatic carbocycles. The number of aryl methyl sites for hydroxylation is 1. The van der Waals surface area contributed by atoms with Crippen LogP contribution in [0.2, 0.25) is 0 Å². The molecule has 1 atom stereocenters. The minimum absolute atomic E-state index is 0.134. The minimum atomic E-state index is -0.252. The summed E-state index contributed by atoms with van der Waals surface area (Å²) >= 11 is 0. The molecular formula is C18H29N5O2. The molecule has 25 heavy (non-hydrogen) atoms. The lowest BCUT2D eigenvalue weighted by Crippen LogP contribution is -2.57. The Morgan fingerprint density at radius 2 is 1.92 bits per heavy atom. The Morgan fingerprint density at radius 1 is 1.16 bits per heavy atom. The van der Waals surface area contributed by atoms with Crippen molar-refractivity contribution in [3.63, 3.8) is 0 Å². The number of likely N-dealkylation sites (tertiary alicyclic amines) is 1. The summed E-state index contributed by atoms with van der Waals surface area (Å²) in [6.07, 6.45) is 8.08. The van der Waals surface area contributed by atoms with Gasteiger partial charge in [-0.3, -0.25) is 14.3 Å². The van der Waals surface area contributed by atoms with Crippen LogP contribution in [0, 0.1) is 0 Å². The number of anilines is 1. The first-order chi connectivity index (χ1) is 12.1.